The van der Waals surface area contributed by atoms with Crippen molar-refractivity contribution in [2.24, 2.45) is 0 Å². The fraction of sp³-hybridized carbons (Fsp3) is 0.357. The van der Waals surface area contributed by atoms with Crippen LogP contribution in [0.15, 0.2) is 71.1 Å². The third-order valence-corrected chi connectivity index (χ3v) is 6.93. The van der Waals surface area contributed by atoms with Crippen molar-refractivity contribution >= 4 is 17.4 Å². The highest BCUT2D eigenvalue weighted by atomic mass is 19.1. The number of nitrogens with one attached hydrogen (secondary N) is 1. The Bertz CT molecular complexity index is 1150. The van der Waals surface area contributed by atoms with Gasteiger partial charge in [-0.2, -0.15) is 0 Å². The highest BCUT2D eigenvalue weighted by Crippen LogP contribution is 2.45. The van der Waals surface area contributed by atoms with Gasteiger partial charge in [0.1, 0.15) is 5.82 Å². The quantitative estimate of drug-likeness (QED) is 0.598. The lowest BCUT2D eigenvalue weighted by Crippen LogP contribution is -2.36. The molecule has 0 amide bonds. The summed E-state index contributed by atoms with van der Waals surface area (Å²) in [5, 5.41) is 3.33. The number of carbonyl (C=O) groups excluding carboxylic acids is 2. The summed E-state index contributed by atoms with van der Waals surface area (Å²) >= 11 is 0. The molecule has 1 heterocycles. The van der Waals surface area contributed by atoms with Crippen molar-refractivity contribution in [3.8, 4) is 0 Å². The Morgan fingerprint density at radius 1 is 1.03 bits per heavy atom. The Labute approximate surface area is 200 Å². The molecule has 1 aliphatic carbocycles. The molecule has 4 rings (SSSR count). The van der Waals surface area contributed by atoms with Gasteiger partial charge in [0.2, 0.25) is 0 Å². The van der Waals surface area contributed by atoms with Crippen LogP contribution in [0.25, 0.3) is 0 Å². The molecule has 1 N–H and O–H groups in total. The summed E-state index contributed by atoms with van der Waals surface area (Å²) in [5.41, 5.74) is 5.53. The Morgan fingerprint density at radius 3 is 2.24 bits per heavy atom. The molecule has 2 aliphatic rings. The summed E-state index contributed by atoms with van der Waals surface area (Å²) in [4.78, 5) is 28.6. The minimum atomic E-state index is -0.490. The zero-order valence-corrected chi connectivity index (χ0v) is 20.2. The van der Waals surface area contributed by atoms with Crippen molar-refractivity contribution in [1.82, 2.24) is 5.32 Å². The van der Waals surface area contributed by atoms with Gasteiger partial charge in [-0.25, -0.2) is 9.18 Å². The van der Waals surface area contributed by atoms with E-state index >= 15 is 0 Å². The fourth-order valence-electron chi connectivity index (χ4n) is 5.19. The molecule has 0 spiro atoms. The smallest absolute Gasteiger partial charge is 0.336 e. The molecule has 0 bridgehead atoms. The number of rotatable bonds is 6. The number of Topliss-reactive ketones (excluding diaryl/α,β-unsaturated/α-hetero) is 1. The number of hydrogen-bond acceptors (Lipinski definition) is 5. The predicted octanol–water partition coefficient (Wildman–Crippen LogP) is 5.21. The number of allylic oxidation sites excluding steroid dienone is 3. The fourth-order valence-corrected chi connectivity index (χ4v) is 5.19. The molecule has 0 unspecified atom stereocenters. The van der Waals surface area contributed by atoms with Crippen molar-refractivity contribution in [3.63, 3.8) is 0 Å². The third-order valence-electron chi connectivity index (χ3n) is 6.93. The van der Waals surface area contributed by atoms with Gasteiger partial charge >= 0.3 is 5.97 Å². The number of nitrogens with zero attached hydrogens (tertiary/aromatic N) is 1. The second-order valence-corrected chi connectivity index (χ2v) is 8.82. The number of carbonyl (C=O) groups is 2. The minimum absolute atomic E-state index is 0.00482. The topological polar surface area (TPSA) is 58.6 Å². The monoisotopic (exact) mass is 462 g/mol. The molecule has 0 radical (unpaired) electrons. The summed E-state index contributed by atoms with van der Waals surface area (Å²) < 4.78 is 18.5. The van der Waals surface area contributed by atoms with E-state index in [1.807, 2.05) is 31.2 Å². The number of halogens is 1. The number of ketones is 1. The summed E-state index contributed by atoms with van der Waals surface area (Å²) in [6, 6.07) is 14.4. The van der Waals surface area contributed by atoms with E-state index in [2.05, 4.69) is 24.1 Å². The number of ether oxygens (including phenoxy) is 1. The second kappa shape index (κ2) is 9.84. The molecule has 0 saturated heterocycles. The first-order valence-corrected chi connectivity index (χ1v) is 11.8. The Morgan fingerprint density at radius 2 is 1.65 bits per heavy atom. The lowest BCUT2D eigenvalue weighted by atomic mass is 9.71. The zero-order chi connectivity index (χ0) is 24.4. The van der Waals surface area contributed by atoms with Crippen LogP contribution in [0.1, 0.15) is 56.6 Å². The van der Waals surface area contributed by atoms with Gasteiger partial charge in [0.05, 0.1) is 12.7 Å². The molecule has 2 aromatic carbocycles. The Balaban J connectivity index is 1.76. The maximum absolute atomic E-state index is 13.5. The molecule has 34 heavy (non-hydrogen) atoms. The largest absolute Gasteiger partial charge is 0.466 e. The average molecular weight is 463 g/mol. The van der Waals surface area contributed by atoms with Crippen molar-refractivity contribution in [2.45, 2.75) is 45.4 Å². The lowest BCUT2D eigenvalue weighted by Gasteiger charge is -2.36. The van der Waals surface area contributed by atoms with Gasteiger partial charge in [0.15, 0.2) is 5.78 Å². The summed E-state index contributed by atoms with van der Waals surface area (Å²) in [5.74, 6) is -1.28. The van der Waals surface area contributed by atoms with Crippen molar-refractivity contribution < 1.29 is 18.7 Å². The van der Waals surface area contributed by atoms with Crippen LogP contribution < -0.4 is 10.2 Å². The number of anilines is 1. The lowest BCUT2D eigenvalue weighted by molar-refractivity contribution is -0.136. The number of benzene rings is 2. The van der Waals surface area contributed by atoms with Gasteiger partial charge in [0, 0.05) is 48.1 Å². The van der Waals surface area contributed by atoms with E-state index in [9.17, 15) is 14.0 Å². The minimum Gasteiger partial charge on any atom is -0.466 e. The van der Waals surface area contributed by atoms with Crippen LogP contribution in [0, 0.1) is 5.82 Å². The van der Waals surface area contributed by atoms with Crippen molar-refractivity contribution in [2.75, 3.05) is 25.1 Å². The van der Waals surface area contributed by atoms with E-state index in [1.54, 1.807) is 12.1 Å². The highest BCUT2D eigenvalue weighted by molar-refractivity contribution is 6.04. The molecule has 2 aromatic rings. The predicted molar refractivity (Wildman–Crippen MR) is 131 cm³/mol. The second-order valence-electron chi connectivity index (χ2n) is 8.82. The zero-order valence-electron chi connectivity index (χ0n) is 20.2. The first-order chi connectivity index (χ1) is 16.4. The van der Waals surface area contributed by atoms with Crippen LogP contribution in [-0.2, 0) is 14.3 Å². The van der Waals surface area contributed by atoms with Gasteiger partial charge in [-0.1, -0.05) is 24.3 Å². The van der Waals surface area contributed by atoms with E-state index < -0.39 is 11.9 Å². The van der Waals surface area contributed by atoms with Crippen molar-refractivity contribution in [3.05, 3.63) is 88.0 Å². The molecule has 0 saturated carbocycles. The number of dihydropyridines is 1. The van der Waals surface area contributed by atoms with E-state index in [0.717, 1.165) is 35.6 Å². The molecule has 5 nitrogen and oxygen atoms in total. The average Bonchev–Trinajstić information content (AvgIpc) is 2.84. The molecule has 0 fully saturated rings. The Kier molecular flexibility index (Phi) is 6.87. The highest BCUT2D eigenvalue weighted by Gasteiger charge is 2.41. The van der Waals surface area contributed by atoms with Crippen LogP contribution in [0.5, 0.6) is 0 Å². The molecular formula is C28H31FN2O3. The van der Waals surface area contributed by atoms with Gasteiger partial charge < -0.3 is 15.0 Å². The van der Waals surface area contributed by atoms with E-state index in [4.69, 9.17) is 4.74 Å². The van der Waals surface area contributed by atoms with E-state index in [0.29, 0.717) is 29.7 Å². The van der Waals surface area contributed by atoms with Crippen LogP contribution in [0.3, 0.4) is 0 Å². The number of esters is 1. The summed E-state index contributed by atoms with van der Waals surface area (Å²) in [7, 11) is 1.36. The van der Waals surface area contributed by atoms with Gasteiger partial charge in [-0.05, 0) is 68.5 Å². The van der Waals surface area contributed by atoms with Crippen LogP contribution in [0.4, 0.5) is 10.1 Å². The van der Waals surface area contributed by atoms with E-state index in [-0.39, 0.29) is 17.5 Å². The van der Waals surface area contributed by atoms with Crippen LogP contribution >= 0.6 is 0 Å². The van der Waals surface area contributed by atoms with Gasteiger partial charge in [0.25, 0.3) is 0 Å². The number of methoxy groups -OCH3 is 1. The molecule has 0 aromatic heterocycles. The first-order valence-electron chi connectivity index (χ1n) is 11.8. The van der Waals surface area contributed by atoms with Crippen molar-refractivity contribution in [1.29, 1.82) is 0 Å². The molecule has 178 valence electrons. The summed E-state index contributed by atoms with van der Waals surface area (Å²) in [6.45, 7) is 7.86. The normalized spacial score (nSPS) is 20.1. The molecule has 1 aliphatic heterocycles. The van der Waals surface area contributed by atoms with Gasteiger partial charge in [-0.3, -0.25) is 4.79 Å². The summed E-state index contributed by atoms with van der Waals surface area (Å²) in [6.07, 6.45) is 0.931. The molecule has 2 atom stereocenters. The Hall–Kier alpha value is -3.41. The first kappa shape index (κ1) is 23.7. The number of hydrogen-bond donors (Lipinski definition) is 1. The maximum Gasteiger partial charge on any atom is 0.336 e. The van der Waals surface area contributed by atoms with E-state index in [1.165, 1.54) is 19.2 Å². The third kappa shape index (κ3) is 4.37. The van der Waals surface area contributed by atoms with Gasteiger partial charge in [-0.15, -0.1) is 0 Å². The van der Waals surface area contributed by atoms with Crippen LogP contribution in [-0.4, -0.2) is 32.0 Å². The van der Waals surface area contributed by atoms with Crippen LogP contribution in [0.2, 0.25) is 0 Å². The molecule has 6 heteroatoms. The standard InChI is InChI=1S/C28H31FN2O3/c1-5-31(6-2)22-13-9-19(10-14-22)26-25(28(33)34-4)17(3)30-23-15-20(16-24(32)27(23)26)18-7-11-21(29)12-8-18/h7-14,20,26,30H,5-6,15-16H2,1-4H3/t20-,26+/m1/s1. The SMILES string of the molecule is CCN(CC)c1ccc([C@H]2C(C(=O)OC)=C(C)NC3=C2C(=O)C[C@H](c2ccc(F)cc2)C3)cc1. The maximum atomic E-state index is 13.5. The molecular weight excluding hydrogens is 431 g/mol.